The van der Waals surface area contributed by atoms with E-state index < -0.39 is 5.97 Å². The Morgan fingerprint density at radius 3 is 2.67 bits per heavy atom. The number of nitrogens with one attached hydrogen (secondary N) is 1. The second kappa shape index (κ2) is 9.09. The van der Waals surface area contributed by atoms with Gasteiger partial charge in [-0.1, -0.05) is 48.5 Å². The van der Waals surface area contributed by atoms with Gasteiger partial charge >= 0.3 is 5.97 Å². The van der Waals surface area contributed by atoms with E-state index in [1.165, 1.54) is 11.8 Å². The number of likely N-dealkylation sites (tertiary alicyclic amines) is 1. The number of aliphatic imine (C=N–C) groups is 1. The molecule has 0 saturated carbocycles. The molecule has 2 N–H and O–H groups in total. The normalized spacial score (nSPS) is 17.3. The van der Waals surface area contributed by atoms with Crippen molar-refractivity contribution in [3.63, 3.8) is 0 Å². The van der Waals surface area contributed by atoms with Crippen molar-refractivity contribution in [2.24, 2.45) is 4.99 Å². The van der Waals surface area contributed by atoms with Gasteiger partial charge in [-0.3, -0.25) is 19.5 Å². The smallest absolute Gasteiger partial charge is 0.325 e. The van der Waals surface area contributed by atoms with Crippen LogP contribution in [0.1, 0.15) is 24.0 Å². The van der Waals surface area contributed by atoms with Gasteiger partial charge in [-0.15, -0.1) is 0 Å². The molecular weight excluding hydrogens is 342 g/mol. The molecule has 0 spiro atoms. The van der Waals surface area contributed by atoms with E-state index in [9.17, 15) is 9.59 Å². The molecule has 140 valence electrons. The van der Waals surface area contributed by atoms with Gasteiger partial charge in [0.25, 0.3) is 0 Å². The average molecular weight is 365 g/mol. The molecule has 0 bridgehead atoms. The number of carbonyl (C=O) groups excluding carboxylic acids is 1. The molecule has 1 unspecified atom stereocenters. The zero-order valence-electron chi connectivity index (χ0n) is 15.0. The van der Waals surface area contributed by atoms with Crippen LogP contribution >= 0.6 is 0 Å². The lowest BCUT2D eigenvalue weighted by atomic mass is 10.1. The molecule has 1 atom stereocenters. The van der Waals surface area contributed by atoms with Crippen molar-refractivity contribution >= 4 is 23.8 Å². The maximum Gasteiger partial charge on any atom is 0.325 e. The first kappa shape index (κ1) is 18.8. The highest BCUT2D eigenvalue weighted by Gasteiger charge is 2.30. The number of aliphatic carboxylic acids is 1. The van der Waals surface area contributed by atoms with Gasteiger partial charge in [0.2, 0.25) is 5.91 Å². The fourth-order valence-electron chi connectivity index (χ4n) is 3.29. The van der Waals surface area contributed by atoms with E-state index >= 15 is 0 Å². The summed E-state index contributed by atoms with van der Waals surface area (Å²) in [5.74, 6) is -1.03. The molecule has 1 aliphatic rings. The van der Waals surface area contributed by atoms with Gasteiger partial charge in [0.1, 0.15) is 6.54 Å². The molecule has 0 aromatic heterocycles. The van der Waals surface area contributed by atoms with Crippen LogP contribution < -0.4 is 5.32 Å². The van der Waals surface area contributed by atoms with E-state index in [0.717, 1.165) is 25.9 Å². The molecule has 27 heavy (non-hydrogen) atoms. The van der Waals surface area contributed by atoms with Gasteiger partial charge in [0.05, 0.1) is 6.04 Å². The number of benzene rings is 2. The molecule has 3 rings (SSSR count). The van der Waals surface area contributed by atoms with Crippen molar-refractivity contribution < 1.29 is 14.7 Å². The lowest BCUT2D eigenvalue weighted by Crippen LogP contribution is -2.39. The fraction of sp³-hybridized carbons (Fsp3) is 0.286. The summed E-state index contributed by atoms with van der Waals surface area (Å²) >= 11 is 0. The third-order valence-electron chi connectivity index (χ3n) is 4.57. The van der Waals surface area contributed by atoms with Crippen molar-refractivity contribution in [2.45, 2.75) is 25.4 Å². The highest BCUT2D eigenvalue weighted by molar-refractivity contribution is 6.00. The highest BCUT2D eigenvalue weighted by atomic mass is 16.4. The van der Waals surface area contributed by atoms with E-state index in [4.69, 9.17) is 5.11 Å². The summed E-state index contributed by atoms with van der Waals surface area (Å²) in [4.78, 5) is 29.6. The predicted molar refractivity (Wildman–Crippen MR) is 105 cm³/mol. The van der Waals surface area contributed by atoms with E-state index in [2.05, 4.69) is 27.3 Å². The molecule has 1 aliphatic heterocycles. The third-order valence-corrected chi connectivity index (χ3v) is 4.57. The number of carboxylic acids is 1. The van der Waals surface area contributed by atoms with Crippen LogP contribution in [0.25, 0.3) is 0 Å². The first-order valence-corrected chi connectivity index (χ1v) is 9.03. The number of amides is 1. The maximum atomic E-state index is 12.9. The summed E-state index contributed by atoms with van der Waals surface area (Å²) < 4.78 is 0. The first-order valence-electron chi connectivity index (χ1n) is 9.03. The van der Waals surface area contributed by atoms with Crippen molar-refractivity contribution in [3.05, 3.63) is 65.7 Å². The predicted octanol–water partition coefficient (Wildman–Crippen LogP) is 2.79. The number of carboxylic acid groups (broad SMARTS) is 1. The summed E-state index contributed by atoms with van der Waals surface area (Å²) in [6, 6.07) is 17.2. The van der Waals surface area contributed by atoms with E-state index in [0.29, 0.717) is 11.3 Å². The van der Waals surface area contributed by atoms with Gasteiger partial charge < -0.3 is 10.4 Å². The summed E-state index contributed by atoms with van der Waals surface area (Å²) in [5, 5.41) is 11.7. The zero-order valence-corrected chi connectivity index (χ0v) is 15.0. The van der Waals surface area contributed by atoms with Gasteiger partial charge in [0, 0.05) is 24.0 Å². The number of carbonyl (C=O) groups is 2. The Morgan fingerprint density at radius 1 is 1.15 bits per heavy atom. The minimum Gasteiger partial charge on any atom is -0.480 e. The summed E-state index contributed by atoms with van der Waals surface area (Å²) in [6.07, 6.45) is 3.31. The molecule has 0 aliphatic carbocycles. The molecule has 6 heteroatoms. The Morgan fingerprint density at radius 2 is 1.89 bits per heavy atom. The van der Waals surface area contributed by atoms with Crippen molar-refractivity contribution in [3.8, 4) is 0 Å². The van der Waals surface area contributed by atoms with Crippen molar-refractivity contribution in [1.82, 2.24) is 4.90 Å². The minimum absolute atomic E-state index is 0.0393. The molecule has 1 saturated heterocycles. The number of anilines is 1. The number of hydrogen-bond acceptors (Lipinski definition) is 4. The summed E-state index contributed by atoms with van der Waals surface area (Å²) in [7, 11) is 0. The van der Waals surface area contributed by atoms with Gasteiger partial charge in [-0.25, -0.2) is 0 Å². The third kappa shape index (κ3) is 5.24. The van der Waals surface area contributed by atoms with Crippen LogP contribution in [-0.4, -0.2) is 47.2 Å². The highest BCUT2D eigenvalue weighted by Crippen LogP contribution is 2.22. The SMILES string of the molecule is O=C(O)CN=Cc1ccccc1NC(=O)C1CCCN1Cc1ccccc1. The quantitative estimate of drug-likeness (QED) is 0.739. The van der Waals surface area contributed by atoms with Crippen LogP contribution in [0.4, 0.5) is 5.69 Å². The zero-order chi connectivity index (χ0) is 19.1. The second-order valence-corrected chi connectivity index (χ2v) is 6.55. The Labute approximate surface area is 158 Å². The summed E-state index contributed by atoms with van der Waals surface area (Å²) in [5.41, 5.74) is 2.53. The summed E-state index contributed by atoms with van der Waals surface area (Å²) in [6.45, 7) is 1.35. The first-order chi connectivity index (χ1) is 13.1. The Bertz CT molecular complexity index is 820. The van der Waals surface area contributed by atoms with E-state index in [-0.39, 0.29) is 18.5 Å². The average Bonchev–Trinajstić information content (AvgIpc) is 3.12. The minimum atomic E-state index is -0.990. The van der Waals surface area contributed by atoms with Gasteiger partial charge in [0.15, 0.2) is 0 Å². The maximum absolute atomic E-state index is 12.9. The number of rotatable bonds is 7. The Kier molecular flexibility index (Phi) is 6.33. The lowest BCUT2D eigenvalue weighted by molar-refractivity contribution is -0.135. The standard InChI is InChI=1S/C21H23N3O3/c25-20(26)14-22-13-17-9-4-5-10-18(17)23-21(27)19-11-6-12-24(19)15-16-7-2-1-3-8-16/h1-5,7-10,13,19H,6,11-12,14-15H2,(H,23,27)(H,25,26). The Hall–Kier alpha value is -2.99. The van der Waals surface area contributed by atoms with Crippen LogP contribution in [-0.2, 0) is 16.1 Å². The van der Waals surface area contributed by atoms with Crippen LogP contribution in [0.2, 0.25) is 0 Å². The van der Waals surface area contributed by atoms with Crippen molar-refractivity contribution in [2.75, 3.05) is 18.4 Å². The van der Waals surface area contributed by atoms with Crippen LogP contribution in [0.3, 0.4) is 0 Å². The number of nitrogens with zero attached hydrogens (tertiary/aromatic N) is 2. The second-order valence-electron chi connectivity index (χ2n) is 6.55. The molecular formula is C21H23N3O3. The molecule has 1 fully saturated rings. The molecule has 2 aromatic rings. The van der Waals surface area contributed by atoms with Gasteiger partial charge in [-0.2, -0.15) is 0 Å². The topological polar surface area (TPSA) is 82.0 Å². The lowest BCUT2D eigenvalue weighted by Gasteiger charge is -2.24. The van der Waals surface area contributed by atoms with Crippen LogP contribution in [0, 0.1) is 0 Å². The fourth-order valence-corrected chi connectivity index (χ4v) is 3.29. The van der Waals surface area contributed by atoms with Gasteiger partial charge in [-0.05, 0) is 31.0 Å². The number of para-hydroxylation sites is 1. The number of hydrogen-bond donors (Lipinski definition) is 2. The molecule has 6 nitrogen and oxygen atoms in total. The largest absolute Gasteiger partial charge is 0.480 e. The van der Waals surface area contributed by atoms with Crippen LogP contribution in [0.5, 0.6) is 0 Å². The molecule has 0 radical (unpaired) electrons. The van der Waals surface area contributed by atoms with Crippen LogP contribution in [0.15, 0.2) is 59.6 Å². The molecule has 2 aromatic carbocycles. The van der Waals surface area contributed by atoms with E-state index in [1.807, 2.05) is 30.3 Å². The molecule has 1 amide bonds. The van der Waals surface area contributed by atoms with E-state index in [1.54, 1.807) is 12.1 Å². The Balaban J connectivity index is 1.67. The monoisotopic (exact) mass is 365 g/mol. The molecule has 1 heterocycles. The van der Waals surface area contributed by atoms with Crippen molar-refractivity contribution in [1.29, 1.82) is 0 Å².